The molecule has 6 heteroatoms. The molecule has 3 aromatic rings. The first-order chi connectivity index (χ1) is 17.8. The molecule has 0 bridgehead atoms. The van der Waals surface area contributed by atoms with Crippen LogP contribution in [-0.4, -0.2) is 46.7 Å². The Kier molecular flexibility index (Phi) is 7.61. The highest BCUT2D eigenvalue weighted by molar-refractivity contribution is 7.94. The summed E-state index contributed by atoms with van der Waals surface area (Å²) in [5.41, 5.74) is 7.57. The summed E-state index contributed by atoms with van der Waals surface area (Å²) in [4.78, 5) is 11.0. The van der Waals surface area contributed by atoms with Crippen LogP contribution in [0.3, 0.4) is 0 Å². The third-order valence-electron chi connectivity index (χ3n) is 8.82. The van der Waals surface area contributed by atoms with Crippen molar-refractivity contribution < 1.29 is 3.89 Å². The minimum Gasteiger partial charge on any atom is -0.367 e. The van der Waals surface area contributed by atoms with Gasteiger partial charge in [0.1, 0.15) is 0 Å². The van der Waals surface area contributed by atoms with Crippen molar-refractivity contribution in [2.24, 2.45) is 5.41 Å². The van der Waals surface area contributed by atoms with Gasteiger partial charge in [0.2, 0.25) is 0 Å². The van der Waals surface area contributed by atoms with Crippen molar-refractivity contribution in [3.63, 3.8) is 0 Å². The van der Waals surface area contributed by atoms with Gasteiger partial charge in [0, 0.05) is 53.6 Å². The number of halogens is 1. The highest BCUT2D eigenvalue weighted by atomic mass is 32.2. The van der Waals surface area contributed by atoms with Gasteiger partial charge in [-0.1, -0.05) is 41.0 Å². The Morgan fingerprint density at radius 1 is 1.14 bits per heavy atom. The molecule has 200 valence electrons. The van der Waals surface area contributed by atoms with Gasteiger partial charge in [0.05, 0.1) is 35.4 Å². The van der Waals surface area contributed by atoms with Crippen molar-refractivity contribution >= 4 is 28.7 Å². The zero-order valence-corrected chi connectivity index (χ0v) is 24.3. The predicted molar refractivity (Wildman–Crippen MR) is 156 cm³/mol. The molecule has 0 amide bonds. The van der Waals surface area contributed by atoms with Crippen molar-refractivity contribution in [3.05, 3.63) is 41.7 Å². The average molecular weight is 523 g/mol. The van der Waals surface area contributed by atoms with Gasteiger partial charge in [-0.25, -0.2) is 0 Å². The summed E-state index contributed by atoms with van der Waals surface area (Å²) in [6, 6.07) is 9.17. The van der Waals surface area contributed by atoms with Crippen molar-refractivity contribution in [3.8, 4) is 11.3 Å². The van der Waals surface area contributed by atoms with E-state index in [1.807, 2.05) is 6.07 Å². The number of hydrogen-bond acceptors (Lipinski definition) is 4. The molecule has 1 unspecified atom stereocenters. The number of aryl methyl sites for hydroxylation is 1. The number of fused-ring (bicyclic) bond motifs is 2. The Morgan fingerprint density at radius 2 is 1.95 bits per heavy atom. The lowest BCUT2D eigenvalue weighted by molar-refractivity contribution is 0.231. The Hall–Kier alpha value is -2.05. The van der Waals surface area contributed by atoms with E-state index in [1.54, 1.807) is 0 Å². The van der Waals surface area contributed by atoms with Gasteiger partial charge in [-0.3, -0.25) is 9.88 Å². The lowest BCUT2D eigenvalue weighted by Gasteiger charge is -2.39. The van der Waals surface area contributed by atoms with Crippen LogP contribution < -0.4 is 4.90 Å². The second-order valence-electron chi connectivity index (χ2n) is 12.1. The molecule has 2 aromatic heterocycles. The van der Waals surface area contributed by atoms with Crippen molar-refractivity contribution in [2.75, 3.05) is 31.1 Å². The number of anilines is 1. The fourth-order valence-electron chi connectivity index (χ4n) is 6.38. The van der Waals surface area contributed by atoms with E-state index in [9.17, 15) is 3.89 Å². The molecule has 4 heterocycles. The van der Waals surface area contributed by atoms with Gasteiger partial charge < -0.3 is 9.47 Å². The maximum absolute atomic E-state index is 13.7. The molecule has 37 heavy (non-hydrogen) atoms. The zero-order valence-electron chi connectivity index (χ0n) is 23.5. The molecule has 0 aliphatic carbocycles. The lowest BCUT2D eigenvalue weighted by atomic mass is 9.81. The second-order valence-corrected chi connectivity index (χ2v) is 12.7. The standard InChI is InChI=1S/C31H43FN4S/c1-7-31(5,6)18-27-25-17-24(37-32)11-12-28(25)36(8-2)30(27)26-16-23(19-33-29(26)21(3)4)35-15-14-34-13-9-10-22(34)20-35/h11-12,16-17,19,21-22H,7-10,13-15,18,20H2,1-6H3. The molecule has 0 saturated carbocycles. The highest BCUT2D eigenvalue weighted by Gasteiger charge is 2.32. The minimum atomic E-state index is 0.141. The van der Waals surface area contributed by atoms with Crippen molar-refractivity contribution in [1.29, 1.82) is 0 Å². The summed E-state index contributed by atoms with van der Waals surface area (Å²) in [5.74, 6) is 0.308. The van der Waals surface area contributed by atoms with Gasteiger partial charge in [-0.2, -0.15) is 3.89 Å². The van der Waals surface area contributed by atoms with Crippen LogP contribution in [0.15, 0.2) is 35.4 Å². The first-order valence-electron chi connectivity index (χ1n) is 14.2. The number of hydrogen-bond donors (Lipinski definition) is 0. The van der Waals surface area contributed by atoms with Crippen LogP contribution >= 0.6 is 12.1 Å². The number of piperazine rings is 1. The number of benzene rings is 1. The normalized spacial score (nSPS) is 18.8. The average Bonchev–Trinajstić information content (AvgIpc) is 3.49. The molecule has 2 aliphatic rings. The van der Waals surface area contributed by atoms with E-state index in [0.29, 0.717) is 29.0 Å². The van der Waals surface area contributed by atoms with Crippen LogP contribution in [-0.2, 0) is 13.0 Å². The molecule has 4 nitrogen and oxygen atoms in total. The van der Waals surface area contributed by atoms with Crippen LogP contribution in [0, 0.1) is 5.41 Å². The molecule has 5 rings (SSSR count). The third kappa shape index (κ3) is 5.04. The summed E-state index contributed by atoms with van der Waals surface area (Å²) in [6.45, 7) is 19.1. The number of aromatic nitrogens is 2. The Bertz CT molecular complexity index is 1260. The third-order valence-corrected chi connectivity index (χ3v) is 9.25. The molecule has 2 saturated heterocycles. The van der Waals surface area contributed by atoms with Gasteiger partial charge >= 0.3 is 0 Å². The Labute approximate surface area is 226 Å². The smallest absolute Gasteiger partial charge is 0.0812 e. The van der Waals surface area contributed by atoms with E-state index < -0.39 is 0 Å². The monoisotopic (exact) mass is 522 g/mol. The number of pyridine rings is 1. The maximum atomic E-state index is 13.7. The van der Waals surface area contributed by atoms with E-state index in [-0.39, 0.29) is 5.41 Å². The fraction of sp³-hybridized carbons (Fsp3) is 0.581. The Balaban J connectivity index is 1.71. The van der Waals surface area contributed by atoms with Crippen LogP contribution in [0.5, 0.6) is 0 Å². The van der Waals surface area contributed by atoms with Crippen LogP contribution in [0.25, 0.3) is 22.2 Å². The van der Waals surface area contributed by atoms with Gasteiger partial charge in [-0.05, 0) is 73.9 Å². The van der Waals surface area contributed by atoms with Crippen LogP contribution in [0.1, 0.15) is 78.0 Å². The second kappa shape index (κ2) is 10.6. The minimum absolute atomic E-state index is 0.141. The fourth-order valence-corrected chi connectivity index (χ4v) is 6.66. The molecule has 2 aliphatic heterocycles. The van der Waals surface area contributed by atoms with Gasteiger partial charge in [0.15, 0.2) is 0 Å². The van der Waals surface area contributed by atoms with E-state index in [4.69, 9.17) is 4.98 Å². The summed E-state index contributed by atoms with van der Waals surface area (Å²) >= 11 is 0.339. The molecular formula is C31H43FN4S. The molecule has 1 atom stereocenters. The molecular weight excluding hydrogens is 479 g/mol. The number of nitrogens with zero attached hydrogens (tertiary/aromatic N) is 4. The van der Waals surface area contributed by atoms with Gasteiger partial charge in [0.25, 0.3) is 0 Å². The first-order valence-corrected chi connectivity index (χ1v) is 14.9. The first kappa shape index (κ1) is 26.6. The largest absolute Gasteiger partial charge is 0.367 e. The highest BCUT2D eigenvalue weighted by Crippen LogP contribution is 2.43. The van der Waals surface area contributed by atoms with E-state index in [0.717, 1.165) is 44.7 Å². The molecule has 0 spiro atoms. The predicted octanol–water partition coefficient (Wildman–Crippen LogP) is 8.09. The molecule has 2 fully saturated rings. The SMILES string of the molecule is CCn1c(-c2cc(N3CCN4CCCC4C3)cnc2C(C)C)c(CC(C)(C)CC)c2cc(SF)ccc21. The van der Waals surface area contributed by atoms with Crippen molar-refractivity contribution in [1.82, 2.24) is 14.5 Å². The number of rotatable bonds is 8. The summed E-state index contributed by atoms with van der Waals surface area (Å²) < 4.78 is 16.2. The molecule has 0 N–H and O–H groups in total. The zero-order chi connectivity index (χ0) is 26.3. The summed E-state index contributed by atoms with van der Waals surface area (Å²) in [5, 5.41) is 1.18. The van der Waals surface area contributed by atoms with Crippen LogP contribution in [0.2, 0.25) is 0 Å². The quantitative estimate of drug-likeness (QED) is 0.298. The maximum Gasteiger partial charge on any atom is 0.0812 e. The lowest BCUT2D eigenvalue weighted by Crippen LogP contribution is -2.50. The van der Waals surface area contributed by atoms with Gasteiger partial charge in [-0.15, -0.1) is 0 Å². The molecule has 1 aromatic carbocycles. The summed E-state index contributed by atoms with van der Waals surface area (Å²) in [7, 11) is 0. The summed E-state index contributed by atoms with van der Waals surface area (Å²) in [6.07, 6.45) is 6.77. The van der Waals surface area contributed by atoms with Crippen molar-refractivity contribution in [2.45, 2.75) is 90.6 Å². The van der Waals surface area contributed by atoms with E-state index in [1.165, 1.54) is 52.8 Å². The van der Waals surface area contributed by atoms with E-state index in [2.05, 4.69) is 80.3 Å². The van der Waals surface area contributed by atoms with Crippen LogP contribution in [0.4, 0.5) is 9.57 Å². The molecule has 0 radical (unpaired) electrons. The van der Waals surface area contributed by atoms with E-state index >= 15 is 0 Å². The Morgan fingerprint density at radius 3 is 2.65 bits per heavy atom. The topological polar surface area (TPSA) is 24.3 Å².